The van der Waals surface area contributed by atoms with Crippen molar-refractivity contribution in [3.63, 3.8) is 0 Å². The number of methoxy groups -OCH3 is 1. The molecule has 2 aromatic carbocycles. The number of nitrogens with two attached hydrogens (primary N) is 1. The van der Waals surface area contributed by atoms with E-state index in [0.29, 0.717) is 11.4 Å². The molecule has 4 N–H and O–H groups in total. The van der Waals surface area contributed by atoms with Crippen molar-refractivity contribution in [2.24, 2.45) is 0 Å². The molecule has 2 amide bonds. The van der Waals surface area contributed by atoms with Crippen LogP contribution in [-0.2, 0) is 0 Å². The molecule has 3 rings (SSSR count). The van der Waals surface area contributed by atoms with Crippen LogP contribution in [-0.4, -0.2) is 28.9 Å². The first kappa shape index (κ1) is 20.0. The second kappa shape index (κ2) is 8.53. The fraction of sp³-hybridized carbons (Fsp3) is 0.0526. The molecule has 0 unspecified atom stereocenters. The summed E-state index contributed by atoms with van der Waals surface area (Å²) in [4.78, 5) is 32.5. The van der Waals surface area contributed by atoms with E-state index in [1.807, 2.05) is 0 Å². The van der Waals surface area contributed by atoms with E-state index >= 15 is 0 Å². The number of nitrogen functional groups attached to an aromatic ring is 1. The van der Waals surface area contributed by atoms with Crippen molar-refractivity contribution in [3.05, 3.63) is 70.9 Å². The quantitative estimate of drug-likeness (QED) is 0.587. The largest absolute Gasteiger partial charge is 0.495 e. The Morgan fingerprint density at radius 2 is 1.83 bits per heavy atom. The molecule has 148 valence electrons. The van der Waals surface area contributed by atoms with Crippen LogP contribution in [0.15, 0.2) is 48.8 Å². The minimum Gasteiger partial charge on any atom is -0.495 e. The van der Waals surface area contributed by atoms with Gasteiger partial charge in [-0.25, -0.2) is 14.4 Å². The van der Waals surface area contributed by atoms with E-state index in [9.17, 15) is 14.0 Å². The number of anilines is 3. The third-order valence-corrected chi connectivity index (χ3v) is 4.06. The van der Waals surface area contributed by atoms with Crippen LogP contribution in [0.5, 0.6) is 5.75 Å². The standard InChI is InChI=1S/C19H15ClFN5O3/c1-29-15-5-3-11(25-19(28)16-17(22)24-7-6-23-16)9-14(15)26-18(27)12-4-2-10(20)8-13(12)21/h2-9H,1H3,(H2,22,24)(H,25,28)(H,26,27). The van der Waals surface area contributed by atoms with Crippen molar-refractivity contribution in [1.82, 2.24) is 9.97 Å². The molecule has 1 aromatic heterocycles. The summed E-state index contributed by atoms with van der Waals surface area (Å²) in [5.41, 5.74) is 5.95. The first-order valence-electron chi connectivity index (χ1n) is 8.21. The van der Waals surface area contributed by atoms with Gasteiger partial charge in [0.15, 0.2) is 11.5 Å². The number of benzene rings is 2. The van der Waals surface area contributed by atoms with Crippen molar-refractivity contribution in [1.29, 1.82) is 0 Å². The van der Waals surface area contributed by atoms with Crippen molar-refractivity contribution >= 4 is 40.6 Å². The normalized spacial score (nSPS) is 10.3. The van der Waals surface area contributed by atoms with E-state index in [-0.39, 0.29) is 27.8 Å². The van der Waals surface area contributed by atoms with Gasteiger partial charge in [-0.2, -0.15) is 0 Å². The fourth-order valence-corrected chi connectivity index (χ4v) is 2.62. The molecular weight excluding hydrogens is 401 g/mol. The maximum absolute atomic E-state index is 14.0. The number of nitrogens with zero attached hydrogens (tertiary/aromatic N) is 2. The molecule has 0 aliphatic rings. The minimum atomic E-state index is -0.767. The van der Waals surface area contributed by atoms with Crippen LogP contribution in [0, 0.1) is 5.82 Å². The van der Waals surface area contributed by atoms with Gasteiger partial charge in [-0.15, -0.1) is 0 Å². The zero-order valence-corrected chi connectivity index (χ0v) is 15.8. The predicted molar refractivity (Wildman–Crippen MR) is 107 cm³/mol. The highest BCUT2D eigenvalue weighted by molar-refractivity contribution is 6.30. The van der Waals surface area contributed by atoms with Gasteiger partial charge >= 0.3 is 0 Å². The lowest BCUT2D eigenvalue weighted by molar-refractivity contribution is 0.101. The van der Waals surface area contributed by atoms with E-state index in [1.165, 1.54) is 43.8 Å². The third-order valence-electron chi connectivity index (χ3n) is 3.82. The number of carbonyl (C=O) groups excluding carboxylic acids is 2. The van der Waals surface area contributed by atoms with Crippen LogP contribution in [0.2, 0.25) is 5.02 Å². The van der Waals surface area contributed by atoms with Gasteiger partial charge in [0, 0.05) is 23.1 Å². The summed E-state index contributed by atoms with van der Waals surface area (Å²) in [6.45, 7) is 0. The van der Waals surface area contributed by atoms with E-state index in [4.69, 9.17) is 22.1 Å². The summed E-state index contributed by atoms with van der Waals surface area (Å²) in [6.07, 6.45) is 2.70. The number of hydrogen-bond acceptors (Lipinski definition) is 6. The number of halogens is 2. The summed E-state index contributed by atoms with van der Waals surface area (Å²) < 4.78 is 19.2. The molecule has 0 saturated carbocycles. The van der Waals surface area contributed by atoms with Crippen molar-refractivity contribution in [2.75, 3.05) is 23.5 Å². The Morgan fingerprint density at radius 1 is 1.07 bits per heavy atom. The van der Waals surface area contributed by atoms with Crippen LogP contribution >= 0.6 is 11.6 Å². The number of nitrogens with one attached hydrogen (secondary N) is 2. The molecule has 3 aromatic rings. The number of ether oxygens (including phenoxy) is 1. The molecule has 0 spiro atoms. The van der Waals surface area contributed by atoms with Gasteiger partial charge in [0.05, 0.1) is 18.4 Å². The Labute approximate surface area is 169 Å². The molecule has 10 heteroatoms. The Kier molecular flexibility index (Phi) is 5.89. The molecule has 8 nitrogen and oxygen atoms in total. The number of amides is 2. The van der Waals surface area contributed by atoms with E-state index < -0.39 is 17.6 Å². The molecule has 29 heavy (non-hydrogen) atoms. The first-order valence-corrected chi connectivity index (χ1v) is 8.59. The van der Waals surface area contributed by atoms with E-state index in [1.54, 1.807) is 6.07 Å². The first-order chi connectivity index (χ1) is 13.9. The maximum Gasteiger partial charge on any atom is 0.278 e. The highest BCUT2D eigenvalue weighted by Crippen LogP contribution is 2.29. The van der Waals surface area contributed by atoms with Crippen molar-refractivity contribution in [2.45, 2.75) is 0 Å². The van der Waals surface area contributed by atoms with Crippen molar-refractivity contribution in [3.8, 4) is 5.75 Å². The Hall–Kier alpha value is -3.72. The van der Waals surface area contributed by atoms with Gasteiger partial charge in [0.1, 0.15) is 11.6 Å². The monoisotopic (exact) mass is 415 g/mol. The van der Waals surface area contributed by atoms with Crippen molar-refractivity contribution < 1.29 is 18.7 Å². The van der Waals surface area contributed by atoms with E-state index in [0.717, 1.165) is 6.07 Å². The van der Waals surface area contributed by atoms with Gasteiger partial charge in [-0.1, -0.05) is 11.6 Å². The molecule has 0 radical (unpaired) electrons. The van der Waals surface area contributed by atoms with Crippen LogP contribution < -0.4 is 21.1 Å². The fourth-order valence-electron chi connectivity index (χ4n) is 2.46. The van der Waals surface area contributed by atoms with Gasteiger partial charge in [0.2, 0.25) is 0 Å². The van der Waals surface area contributed by atoms with E-state index in [2.05, 4.69) is 20.6 Å². The molecule has 0 aliphatic carbocycles. The Bertz CT molecular complexity index is 1090. The number of carbonyl (C=O) groups is 2. The topological polar surface area (TPSA) is 119 Å². The lowest BCUT2D eigenvalue weighted by Crippen LogP contribution is -2.17. The molecule has 0 fully saturated rings. The summed E-state index contributed by atoms with van der Waals surface area (Å²) in [5, 5.41) is 5.33. The second-order valence-corrected chi connectivity index (χ2v) is 6.17. The van der Waals surface area contributed by atoms with Gasteiger partial charge < -0.3 is 21.1 Å². The molecule has 1 heterocycles. The van der Waals surface area contributed by atoms with Crippen LogP contribution in [0.1, 0.15) is 20.8 Å². The number of rotatable bonds is 5. The zero-order valence-electron chi connectivity index (χ0n) is 15.1. The van der Waals surface area contributed by atoms with Crippen LogP contribution in [0.3, 0.4) is 0 Å². The summed E-state index contributed by atoms with van der Waals surface area (Å²) >= 11 is 5.71. The molecule has 0 atom stereocenters. The highest BCUT2D eigenvalue weighted by atomic mass is 35.5. The Balaban J connectivity index is 1.84. The Morgan fingerprint density at radius 3 is 2.52 bits per heavy atom. The average Bonchev–Trinajstić information content (AvgIpc) is 2.68. The van der Waals surface area contributed by atoms with Gasteiger partial charge in [-0.05, 0) is 36.4 Å². The minimum absolute atomic E-state index is 0.0229. The SMILES string of the molecule is COc1ccc(NC(=O)c2nccnc2N)cc1NC(=O)c1ccc(Cl)cc1F. The van der Waals surface area contributed by atoms with Crippen LogP contribution in [0.25, 0.3) is 0 Å². The summed E-state index contributed by atoms with van der Waals surface area (Å²) in [7, 11) is 1.41. The third kappa shape index (κ3) is 4.58. The lowest BCUT2D eigenvalue weighted by atomic mass is 10.2. The zero-order chi connectivity index (χ0) is 21.0. The number of aromatic nitrogens is 2. The maximum atomic E-state index is 14.0. The molecular formula is C19H15ClFN5O3. The molecule has 0 saturated heterocycles. The average molecular weight is 416 g/mol. The van der Waals surface area contributed by atoms with Gasteiger partial charge in [0.25, 0.3) is 11.8 Å². The lowest BCUT2D eigenvalue weighted by Gasteiger charge is -2.13. The van der Waals surface area contributed by atoms with Gasteiger partial charge in [-0.3, -0.25) is 9.59 Å². The summed E-state index contributed by atoms with van der Waals surface area (Å²) in [5.74, 6) is -1.77. The highest BCUT2D eigenvalue weighted by Gasteiger charge is 2.17. The smallest absolute Gasteiger partial charge is 0.278 e. The van der Waals surface area contributed by atoms with Crippen LogP contribution in [0.4, 0.5) is 21.6 Å². The summed E-state index contributed by atoms with van der Waals surface area (Å²) in [6, 6.07) is 8.25. The predicted octanol–water partition coefficient (Wildman–Crippen LogP) is 3.36. The molecule has 0 aliphatic heterocycles. The number of hydrogen-bond donors (Lipinski definition) is 3. The molecule has 0 bridgehead atoms. The second-order valence-electron chi connectivity index (χ2n) is 5.74.